The number of hydrogen-bond donors (Lipinski definition) is 2. The van der Waals surface area contributed by atoms with Crippen LogP contribution in [0.2, 0.25) is 0 Å². The Bertz CT molecular complexity index is 974. The zero-order valence-electron chi connectivity index (χ0n) is 18.8. The number of fused-ring (bicyclic) bond motifs is 1. The van der Waals surface area contributed by atoms with E-state index in [4.69, 9.17) is 10.5 Å². The Morgan fingerprint density at radius 1 is 1.29 bits per heavy atom. The van der Waals surface area contributed by atoms with Crippen molar-refractivity contribution in [1.82, 2.24) is 10.2 Å². The average molecular weight is 431 g/mol. The minimum atomic E-state index is -0.524. The molecule has 1 unspecified atom stereocenters. The standard InChI is InChI=1S/C23H31FN4O3/c1-21(2)11-17(29)28(20(25)27-21)12-23(5)9-13(23)19(30)26-15-10-22(3,4)31-16-8-6-7-14(24)18(15)16/h6-8,13,15H,9-12H2,1-5H3,(H2,25,27)(H,26,30)/t13?,15-,23+/m0/s1. The second-order valence-electron chi connectivity index (χ2n) is 10.6. The summed E-state index contributed by atoms with van der Waals surface area (Å²) in [5.41, 5.74) is 5.02. The van der Waals surface area contributed by atoms with E-state index in [1.165, 1.54) is 11.0 Å². The number of rotatable bonds is 4. The molecular formula is C23H31FN4O3. The third-order valence-corrected chi connectivity index (χ3v) is 6.53. The normalized spacial score (nSPS) is 30.7. The third-order valence-electron chi connectivity index (χ3n) is 6.53. The number of benzene rings is 1. The molecule has 1 aromatic carbocycles. The number of aliphatic imine (C=N–C) groups is 1. The van der Waals surface area contributed by atoms with Crippen LogP contribution in [0.4, 0.5) is 4.39 Å². The van der Waals surface area contributed by atoms with Crippen LogP contribution in [0, 0.1) is 17.2 Å². The number of nitrogens with two attached hydrogens (primary N) is 1. The van der Waals surface area contributed by atoms with Gasteiger partial charge in [-0.3, -0.25) is 14.5 Å². The number of nitrogens with zero attached hydrogens (tertiary/aromatic N) is 2. The quantitative estimate of drug-likeness (QED) is 0.768. The molecule has 7 nitrogen and oxygen atoms in total. The summed E-state index contributed by atoms with van der Waals surface area (Å²) >= 11 is 0. The van der Waals surface area contributed by atoms with Gasteiger partial charge in [0.25, 0.3) is 0 Å². The first-order chi connectivity index (χ1) is 14.3. The van der Waals surface area contributed by atoms with Crippen LogP contribution in [0.5, 0.6) is 5.75 Å². The van der Waals surface area contributed by atoms with Crippen LogP contribution in [0.15, 0.2) is 23.2 Å². The lowest BCUT2D eigenvalue weighted by Crippen LogP contribution is -2.52. The van der Waals surface area contributed by atoms with Crippen LogP contribution in [-0.4, -0.2) is 40.4 Å². The molecule has 31 heavy (non-hydrogen) atoms. The molecule has 0 saturated heterocycles. The van der Waals surface area contributed by atoms with E-state index < -0.39 is 17.2 Å². The molecule has 1 saturated carbocycles. The third kappa shape index (κ3) is 4.12. The first-order valence-corrected chi connectivity index (χ1v) is 10.7. The van der Waals surface area contributed by atoms with Gasteiger partial charge in [-0.1, -0.05) is 13.0 Å². The van der Waals surface area contributed by atoms with Crippen molar-refractivity contribution in [3.05, 3.63) is 29.6 Å². The predicted octanol–water partition coefficient (Wildman–Crippen LogP) is 2.90. The molecule has 8 heteroatoms. The van der Waals surface area contributed by atoms with Crippen molar-refractivity contribution < 1.29 is 18.7 Å². The lowest BCUT2D eigenvalue weighted by molar-refractivity contribution is -0.131. The summed E-state index contributed by atoms with van der Waals surface area (Å²) in [5, 5.41) is 3.04. The number of carbonyl (C=O) groups excluding carboxylic acids is 2. The summed E-state index contributed by atoms with van der Waals surface area (Å²) in [4.78, 5) is 31.6. The van der Waals surface area contributed by atoms with Crippen molar-refractivity contribution in [1.29, 1.82) is 0 Å². The summed E-state index contributed by atoms with van der Waals surface area (Å²) in [6.07, 6.45) is 1.39. The smallest absolute Gasteiger partial charge is 0.231 e. The van der Waals surface area contributed by atoms with Gasteiger partial charge in [0, 0.05) is 18.9 Å². The lowest BCUT2D eigenvalue weighted by Gasteiger charge is -2.38. The highest BCUT2D eigenvalue weighted by atomic mass is 19.1. The summed E-state index contributed by atoms with van der Waals surface area (Å²) < 4.78 is 20.5. The molecule has 0 radical (unpaired) electrons. The van der Waals surface area contributed by atoms with Crippen molar-refractivity contribution >= 4 is 17.8 Å². The number of hydrogen-bond acceptors (Lipinski definition) is 5. The largest absolute Gasteiger partial charge is 0.487 e. The number of halogens is 1. The van der Waals surface area contributed by atoms with Gasteiger partial charge in [-0.15, -0.1) is 0 Å². The van der Waals surface area contributed by atoms with Gasteiger partial charge < -0.3 is 15.8 Å². The fraction of sp³-hybridized carbons (Fsp3) is 0.609. The van der Waals surface area contributed by atoms with Crippen molar-refractivity contribution in [2.75, 3.05) is 6.54 Å². The molecular weight excluding hydrogens is 399 g/mol. The second-order valence-corrected chi connectivity index (χ2v) is 10.6. The molecule has 1 aliphatic carbocycles. The molecule has 1 fully saturated rings. The van der Waals surface area contributed by atoms with E-state index in [1.54, 1.807) is 12.1 Å². The first kappa shape index (κ1) is 21.6. The van der Waals surface area contributed by atoms with Gasteiger partial charge in [-0.05, 0) is 51.7 Å². The fourth-order valence-corrected chi connectivity index (χ4v) is 4.80. The average Bonchev–Trinajstić information content (AvgIpc) is 3.28. The van der Waals surface area contributed by atoms with Gasteiger partial charge >= 0.3 is 0 Å². The molecule has 3 atom stereocenters. The van der Waals surface area contributed by atoms with Gasteiger partial charge in [0.15, 0.2) is 5.96 Å². The van der Waals surface area contributed by atoms with Crippen molar-refractivity contribution in [3.8, 4) is 5.75 Å². The summed E-state index contributed by atoms with van der Waals surface area (Å²) in [6.45, 7) is 9.91. The van der Waals surface area contributed by atoms with Crippen LogP contribution in [0.1, 0.15) is 65.5 Å². The lowest BCUT2D eigenvalue weighted by atomic mass is 9.89. The van der Waals surface area contributed by atoms with E-state index in [2.05, 4.69) is 10.3 Å². The highest BCUT2D eigenvalue weighted by molar-refractivity contribution is 5.99. The van der Waals surface area contributed by atoms with Gasteiger partial charge in [-0.25, -0.2) is 9.38 Å². The Hall–Kier alpha value is -2.64. The highest BCUT2D eigenvalue weighted by Gasteiger charge is 2.57. The maximum atomic E-state index is 14.5. The molecule has 3 N–H and O–H groups in total. The molecule has 0 spiro atoms. The van der Waals surface area contributed by atoms with Gasteiger partial charge in [0.2, 0.25) is 11.8 Å². The zero-order valence-corrected chi connectivity index (χ0v) is 18.8. The Labute approximate surface area is 182 Å². The van der Waals surface area contributed by atoms with Crippen LogP contribution in [0.3, 0.4) is 0 Å². The van der Waals surface area contributed by atoms with E-state index in [0.29, 0.717) is 30.7 Å². The number of carbonyl (C=O) groups is 2. The molecule has 3 aliphatic rings. The SMILES string of the molecule is CC1(C)CC(=O)N(C[C@@]2(C)CC2C(=O)N[C@H]2CC(C)(C)Oc3cccc(F)c32)C(N)=N1. The Morgan fingerprint density at radius 3 is 2.68 bits per heavy atom. The van der Waals surface area contributed by atoms with Crippen LogP contribution in [0.25, 0.3) is 0 Å². The molecule has 4 rings (SSSR count). The van der Waals surface area contributed by atoms with Gasteiger partial charge in [-0.2, -0.15) is 0 Å². The molecule has 2 amide bonds. The molecule has 0 aromatic heterocycles. The van der Waals surface area contributed by atoms with Crippen molar-refractivity contribution in [2.45, 2.75) is 71.1 Å². The second kappa shape index (κ2) is 6.93. The van der Waals surface area contributed by atoms with Crippen LogP contribution >= 0.6 is 0 Å². The van der Waals surface area contributed by atoms with Crippen LogP contribution in [-0.2, 0) is 9.59 Å². The maximum absolute atomic E-state index is 14.5. The molecule has 2 aliphatic heterocycles. The number of amides is 2. The van der Waals surface area contributed by atoms with Crippen LogP contribution < -0.4 is 15.8 Å². The Kier molecular flexibility index (Phi) is 4.83. The number of ether oxygens (including phenoxy) is 1. The van der Waals surface area contributed by atoms with Gasteiger partial charge in [0.05, 0.1) is 23.6 Å². The topological polar surface area (TPSA) is 97.0 Å². The van der Waals surface area contributed by atoms with E-state index in [1.807, 2.05) is 34.6 Å². The molecule has 168 valence electrons. The summed E-state index contributed by atoms with van der Waals surface area (Å²) in [5.74, 6) is -0.209. The minimum absolute atomic E-state index is 0.0769. The zero-order chi connectivity index (χ0) is 22.8. The minimum Gasteiger partial charge on any atom is -0.487 e. The summed E-state index contributed by atoms with van der Waals surface area (Å²) in [7, 11) is 0. The summed E-state index contributed by atoms with van der Waals surface area (Å²) in [6, 6.07) is 4.24. The maximum Gasteiger partial charge on any atom is 0.231 e. The van der Waals surface area contributed by atoms with Crippen molar-refractivity contribution in [2.24, 2.45) is 22.1 Å². The predicted molar refractivity (Wildman–Crippen MR) is 115 cm³/mol. The van der Waals surface area contributed by atoms with Crippen molar-refractivity contribution in [3.63, 3.8) is 0 Å². The molecule has 1 aromatic rings. The first-order valence-electron chi connectivity index (χ1n) is 10.7. The number of nitrogens with one attached hydrogen (secondary N) is 1. The van der Waals surface area contributed by atoms with E-state index in [-0.39, 0.29) is 41.3 Å². The highest BCUT2D eigenvalue weighted by Crippen LogP contribution is 2.53. The van der Waals surface area contributed by atoms with Gasteiger partial charge in [0.1, 0.15) is 17.2 Å². The van der Waals surface area contributed by atoms with E-state index in [0.717, 1.165) is 0 Å². The Morgan fingerprint density at radius 2 is 2.00 bits per heavy atom. The number of guanidine groups is 1. The monoisotopic (exact) mass is 430 g/mol. The Balaban J connectivity index is 1.47. The molecule has 2 heterocycles. The molecule has 0 bridgehead atoms. The van der Waals surface area contributed by atoms with E-state index in [9.17, 15) is 14.0 Å². The fourth-order valence-electron chi connectivity index (χ4n) is 4.80. The van der Waals surface area contributed by atoms with E-state index >= 15 is 0 Å².